The SMILES string of the molecule is Fc1ccc(SCC2CCN(CC3CC3)CC2)cc1. The van der Waals surface area contributed by atoms with E-state index in [9.17, 15) is 4.39 Å². The third-order valence-electron chi connectivity index (χ3n) is 4.22. The molecular formula is C16H22FNS. The molecule has 0 spiro atoms. The Hall–Kier alpha value is -0.540. The highest BCUT2D eigenvalue weighted by atomic mass is 32.2. The van der Waals surface area contributed by atoms with E-state index in [1.807, 2.05) is 23.9 Å². The number of benzene rings is 1. The lowest BCUT2D eigenvalue weighted by molar-refractivity contribution is 0.187. The maximum atomic E-state index is 12.8. The molecule has 2 aliphatic rings. The summed E-state index contributed by atoms with van der Waals surface area (Å²) >= 11 is 1.88. The van der Waals surface area contributed by atoms with Crippen LogP contribution in [0.4, 0.5) is 4.39 Å². The van der Waals surface area contributed by atoms with Crippen molar-refractivity contribution >= 4 is 11.8 Å². The highest BCUT2D eigenvalue weighted by Crippen LogP contribution is 2.32. The lowest BCUT2D eigenvalue weighted by Crippen LogP contribution is -2.35. The number of halogens is 1. The summed E-state index contributed by atoms with van der Waals surface area (Å²) in [5, 5.41) is 0. The van der Waals surface area contributed by atoms with Gasteiger partial charge in [-0.3, -0.25) is 0 Å². The van der Waals surface area contributed by atoms with Gasteiger partial charge in [0.1, 0.15) is 5.82 Å². The Morgan fingerprint density at radius 1 is 1.00 bits per heavy atom. The first-order valence-corrected chi connectivity index (χ1v) is 8.39. The summed E-state index contributed by atoms with van der Waals surface area (Å²) in [6.45, 7) is 3.91. The van der Waals surface area contributed by atoms with Gasteiger partial charge in [-0.05, 0) is 74.9 Å². The molecule has 0 aromatic heterocycles. The summed E-state index contributed by atoms with van der Waals surface area (Å²) in [6.07, 6.45) is 5.59. The minimum atomic E-state index is -0.141. The number of hydrogen-bond donors (Lipinski definition) is 0. The Morgan fingerprint density at radius 3 is 2.32 bits per heavy atom. The molecule has 3 heteroatoms. The third-order valence-corrected chi connectivity index (χ3v) is 5.46. The Kier molecular flexibility index (Phi) is 4.44. The quantitative estimate of drug-likeness (QED) is 0.748. The molecule has 1 saturated carbocycles. The van der Waals surface area contributed by atoms with E-state index in [1.54, 1.807) is 12.1 Å². The second-order valence-corrected chi connectivity index (χ2v) is 7.05. The normalized spacial score (nSPS) is 21.7. The summed E-state index contributed by atoms with van der Waals surface area (Å²) in [7, 11) is 0. The summed E-state index contributed by atoms with van der Waals surface area (Å²) in [6, 6.07) is 6.89. The summed E-state index contributed by atoms with van der Waals surface area (Å²) in [4.78, 5) is 3.85. The van der Waals surface area contributed by atoms with Gasteiger partial charge in [0.05, 0.1) is 0 Å². The lowest BCUT2D eigenvalue weighted by Gasteiger charge is -2.31. The highest BCUT2D eigenvalue weighted by Gasteiger charge is 2.26. The average Bonchev–Trinajstić information content (AvgIpc) is 3.24. The Bertz CT molecular complexity index is 394. The van der Waals surface area contributed by atoms with Gasteiger partial charge in [0.15, 0.2) is 0 Å². The van der Waals surface area contributed by atoms with Gasteiger partial charge in [-0.15, -0.1) is 11.8 Å². The number of hydrogen-bond acceptors (Lipinski definition) is 2. The molecule has 19 heavy (non-hydrogen) atoms. The Morgan fingerprint density at radius 2 is 1.68 bits per heavy atom. The van der Waals surface area contributed by atoms with Gasteiger partial charge in [-0.2, -0.15) is 0 Å². The summed E-state index contributed by atoms with van der Waals surface area (Å²) in [5.41, 5.74) is 0. The third kappa shape index (κ3) is 4.22. The molecule has 3 rings (SSSR count). The van der Waals surface area contributed by atoms with E-state index in [1.165, 1.54) is 56.0 Å². The van der Waals surface area contributed by atoms with E-state index in [-0.39, 0.29) is 5.82 Å². The van der Waals surface area contributed by atoms with E-state index >= 15 is 0 Å². The van der Waals surface area contributed by atoms with Crippen LogP contribution >= 0.6 is 11.8 Å². The molecule has 1 aliphatic heterocycles. The van der Waals surface area contributed by atoms with Gasteiger partial charge >= 0.3 is 0 Å². The van der Waals surface area contributed by atoms with Crippen LogP contribution in [0, 0.1) is 17.7 Å². The first-order valence-electron chi connectivity index (χ1n) is 7.40. The molecule has 0 N–H and O–H groups in total. The fraction of sp³-hybridized carbons (Fsp3) is 0.625. The van der Waals surface area contributed by atoms with E-state index in [4.69, 9.17) is 0 Å². The summed E-state index contributed by atoms with van der Waals surface area (Å²) in [5.74, 6) is 2.90. The van der Waals surface area contributed by atoms with Gasteiger partial charge in [0.25, 0.3) is 0 Å². The molecule has 0 atom stereocenters. The predicted molar refractivity (Wildman–Crippen MR) is 79.0 cm³/mol. The van der Waals surface area contributed by atoms with E-state index in [0.717, 1.165) is 11.8 Å². The van der Waals surface area contributed by atoms with Gasteiger partial charge < -0.3 is 4.90 Å². The number of rotatable bonds is 5. The minimum absolute atomic E-state index is 0.141. The molecule has 1 heterocycles. The number of thioether (sulfide) groups is 1. The fourth-order valence-electron chi connectivity index (χ4n) is 2.75. The zero-order valence-electron chi connectivity index (χ0n) is 11.4. The average molecular weight is 279 g/mol. The maximum Gasteiger partial charge on any atom is 0.123 e. The van der Waals surface area contributed by atoms with Crippen LogP contribution in [0.25, 0.3) is 0 Å². The second kappa shape index (κ2) is 6.27. The molecule has 1 nitrogen and oxygen atoms in total. The van der Waals surface area contributed by atoms with Crippen molar-refractivity contribution in [1.29, 1.82) is 0 Å². The van der Waals surface area contributed by atoms with Crippen molar-refractivity contribution in [2.45, 2.75) is 30.6 Å². The van der Waals surface area contributed by atoms with Crippen LogP contribution in [0.5, 0.6) is 0 Å². The maximum absolute atomic E-state index is 12.8. The van der Waals surface area contributed by atoms with E-state index < -0.39 is 0 Å². The van der Waals surface area contributed by atoms with Crippen molar-refractivity contribution in [3.63, 3.8) is 0 Å². The monoisotopic (exact) mass is 279 g/mol. The van der Waals surface area contributed by atoms with Crippen molar-refractivity contribution in [1.82, 2.24) is 4.90 Å². The second-order valence-electron chi connectivity index (χ2n) is 5.95. The number of likely N-dealkylation sites (tertiary alicyclic amines) is 1. The summed E-state index contributed by atoms with van der Waals surface area (Å²) < 4.78 is 12.8. The molecule has 1 aliphatic carbocycles. The molecule has 0 radical (unpaired) electrons. The van der Waals surface area contributed by atoms with Crippen LogP contribution in [0.3, 0.4) is 0 Å². The van der Waals surface area contributed by atoms with Gasteiger partial charge in [-0.25, -0.2) is 4.39 Å². The van der Waals surface area contributed by atoms with Crippen LogP contribution in [-0.4, -0.2) is 30.3 Å². The zero-order valence-corrected chi connectivity index (χ0v) is 12.2. The molecule has 104 valence electrons. The van der Waals surface area contributed by atoms with E-state index in [0.29, 0.717) is 0 Å². The van der Waals surface area contributed by atoms with Crippen LogP contribution in [-0.2, 0) is 0 Å². The first kappa shape index (κ1) is 13.4. The smallest absolute Gasteiger partial charge is 0.123 e. The van der Waals surface area contributed by atoms with Crippen LogP contribution < -0.4 is 0 Å². The van der Waals surface area contributed by atoms with E-state index in [2.05, 4.69) is 4.90 Å². The van der Waals surface area contributed by atoms with Crippen molar-refractivity contribution in [2.24, 2.45) is 11.8 Å². The highest BCUT2D eigenvalue weighted by molar-refractivity contribution is 7.99. The van der Waals surface area contributed by atoms with Crippen LogP contribution in [0.2, 0.25) is 0 Å². The first-order chi connectivity index (χ1) is 9.29. The van der Waals surface area contributed by atoms with Crippen LogP contribution in [0.1, 0.15) is 25.7 Å². The van der Waals surface area contributed by atoms with Gasteiger partial charge in [-0.1, -0.05) is 0 Å². The number of piperidine rings is 1. The molecule has 1 saturated heterocycles. The topological polar surface area (TPSA) is 3.24 Å². The van der Waals surface area contributed by atoms with Gasteiger partial charge in [0, 0.05) is 17.2 Å². The van der Waals surface area contributed by atoms with Crippen molar-refractivity contribution in [2.75, 3.05) is 25.4 Å². The molecule has 0 unspecified atom stereocenters. The van der Waals surface area contributed by atoms with Crippen molar-refractivity contribution < 1.29 is 4.39 Å². The van der Waals surface area contributed by atoms with Gasteiger partial charge in [0.2, 0.25) is 0 Å². The molecule has 1 aromatic rings. The molecule has 2 fully saturated rings. The zero-order chi connectivity index (χ0) is 13.1. The molecule has 0 amide bonds. The van der Waals surface area contributed by atoms with Crippen molar-refractivity contribution in [3.8, 4) is 0 Å². The Labute approximate surface area is 119 Å². The fourth-order valence-corrected chi connectivity index (χ4v) is 3.84. The molecule has 1 aromatic carbocycles. The Balaban J connectivity index is 1.38. The predicted octanol–water partition coefficient (Wildman–Crippen LogP) is 4.04. The van der Waals surface area contributed by atoms with Crippen LogP contribution in [0.15, 0.2) is 29.2 Å². The number of nitrogens with zero attached hydrogens (tertiary/aromatic N) is 1. The minimum Gasteiger partial charge on any atom is -0.303 e. The molecular weight excluding hydrogens is 257 g/mol. The standard InChI is InChI=1S/C16H22FNS/c17-15-3-5-16(6-4-15)19-12-14-7-9-18(10-8-14)11-13-1-2-13/h3-6,13-14H,1-2,7-12H2. The lowest BCUT2D eigenvalue weighted by atomic mass is 9.99. The largest absolute Gasteiger partial charge is 0.303 e. The van der Waals surface area contributed by atoms with Crippen molar-refractivity contribution in [3.05, 3.63) is 30.1 Å². The molecule has 0 bridgehead atoms.